The topological polar surface area (TPSA) is 66.5 Å². The van der Waals surface area contributed by atoms with E-state index in [9.17, 15) is 9.50 Å². The molecule has 0 radical (unpaired) electrons. The number of hydrogen-bond acceptors (Lipinski definition) is 3. The molecule has 4 N–H and O–H groups in total. The highest BCUT2D eigenvalue weighted by atomic mass is 79.9. The minimum Gasteiger partial charge on any atom is -0.505 e. The number of halogens is 3. The Hall–Kier alpha value is -0.360. The van der Waals surface area contributed by atoms with Gasteiger partial charge in [-0.2, -0.15) is 0 Å². The van der Waals surface area contributed by atoms with Crippen LogP contribution in [0.15, 0.2) is 16.6 Å². The second kappa shape index (κ2) is 6.27. The Morgan fingerprint density at radius 1 is 1.47 bits per heavy atom. The van der Waals surface area contributed by atoms with Crippen LogP contribution >= 0.6 is 28.3 Å². The number of nitrogens with two attached hydrogens (primary N) is 1. The van der Waals surface area contributed by atoms with E-state index in [0.29, 0.717) is 10.0 Å². The van der Waals surface area contributed by atoms with Gasteiger partial charge in [0, 0.05) is 22.7 Å². The van der Waals surface area contributed by atoms with Crippen molar-refractivity contribution in [3.05, 3.63) is 28.0 Å². The minimum absolute atomic E-state index is 0. The zero-order chi connectivity index (χ0) is 10.7. The van der Waals surface area contributed by atoms with Crippen molar-refractivity contribution in [2.24, 2.45) is 5.73 Å². The smallest absolute Gasteiger partial charge is 0.165 e. The summed E-state index contributed by atoms with van der Waals surface area (Å²) in [5.41, 5.74) is 5.95. The van der Waals surface area contributed by atoms with E-state index in [1.165, 1.54) is 6.07 Å². The lowest BCUT2D eigenvalue weighted by molar-refractivity contribution is 0.275. The summed E-state index contributed by atoms with van der Waals surface area (Å²) in [6.45, 7) is -0.108. The Balaban J connectivity index is 0.00000196. The Morgan fingerprint density at radius 2 is 2.07 bits per heavy atom. The fraction of sp³-hybridized carbons (Fsp3) is 0.333. The number of phenols is 1. The first kappa shape index (κ1) is 14.6. The van der Waals surface area contributed by atoms with Crippen LogP contribution in [0.3, 0.4) is 0 Å². The number of benzene rings is 1. The van der Waals surface area contributed by atoms with Crippen LogP contribution in [0.2, 0.25) is 0 Å². The van der Waals surface area contributed by atoms with Crippen molar-refractivity contribution < 1.29 is 14.6 Å². The second-order valence-electron chi connectivity index (χ2n) is 2.91. The van der Waals surface area contributed by atoms with Gasteiger partial charge in [-0.05, 0) is 18.6 Å². The molecule has 86 valence electrons. The summed E-state index contributed by atoms with van der Waals surface area (Å²) in [6, 6.07) is 2.04. The molecule has 0 saturated carbocycles. The maximum absolute atomic E-state index is 13.0. The average molecular weight is 301 g/mol. The van der Waals surface area contributed by atoms with Crippen LogP contribution < -0.4 is 5.73 Å². The summed E-state index contributed by atoms with van der Waals surface area (Å²) in [4.78, 5) is 0. The molecule has 15 heavy (non-hydrogen) atoms. The van der Waals surface area contributed by atoms with Gasteiger partial charge in [0.15, 0.2) is 11.6 Å². The maximum Gasteiger partial charge on any atom is 0.165 e. The van der Waals surface area contributed by atoms with Crippen molar-refractivity contribution >= 4 is 28.3 Å². The fourth-order valence-electron chi connectivity index (χ4n) is 1.19. The summed E-state index contributed by atoms with van der Waals surface area (Å²) < 4.78 is 13.5. The van der Waals surface area contributed by atoms with E-state index in [4.69, 9.17) is 10.8 Å². The van der Waals surface area contributed by atoms with Crippen molar-refractivity contribution in [3.8, 4) is 5.75 Å². The molecule has 6 heteroatoms. The molecule has 1 atom stereocenters. The lowest BCUT2D eigenvalue weighted by Gasteiger charge is -2.14. The molecule has 1 aromatic rings. The first-order valence-electron chi connectivity index (χ1n) is 4.11. The number of rotatable bonds is 3. The molecule has 0 aliphatic rings. The van der Waals surface area contributed by atoms with Gasteiger partial charge in [-0.1, -0.05) is 15.9 Å². The van der Waals surface area contributed by atoms with E-state index in [1.807, 2.05) is 0 Å². The van der Waals surface area contributed by atoms with Crippen LogP contribution in [0, 0.1) is 5.82 Å². The summed E-state index contributed by atoms with van der Waals surface area (Å²) in [5.74, 6) is -1.17. The van der Waals surface area contributed by atoms with Gasteiger partial charge >= 0.3 is 0 Å². The van der Waals surface area contributed by atoms with Crippen molar-refractivity contribution in [2.75, 3.05) is 6.61 Å². The van der Waals surface area contributed by atoms with Gasteiger partial charge in [0.25, 0.3) is 0 Å². The molecule has 0 aromatic heterocycles. The molecule has 0 amide bonds. The van der Waals surface area contributed by atoms with Crippen molar-refractivity contribution in [2.45, 2.75) is 12.5 Å². The minimum atomic E-state index is -0.711. The monoisotopic (exact) mass is 299 g/mol. The standard InChI is InChI=1S/C9H11BrFNO2.ClH/c10-5-1-2-6(11)9(14)8(5)7(12)3-4-13;/h1-2,7,13-14H,3-4,12H2;1H/t7-;/m1./s1. The Kier molecular flexibility index (Phi) is 6.12. The van der Waals surface area contributed by atoms with E-state index < -0.39 is 17.6 Å². The molecule has 0 spiro atoms. The molecular formula is C9H12BrClFNO2. The summed E-state index contributed by atoms with van der Waals surface area (Å²) >= 11 is 3.16. The second-order valence-corrected chi connectivity index (χ2v) is 3.76. The van der Waals surface area contributed by atoms with Gasteiger partial charge in [0.05, 0.1) is 0 Å². The Morgan fingerprint density at radius 3 is 2.60 bits per heavy atom. The highest BCUT2D eigenvalue weighted by Gasteiger charge is 2.17. The molecule has 1 rings (SSSR count). The van der Waals surface area contributed by atoms with Crippen molar-refractivity contribution in [1.82, 2.24) is 0 Å². The Bertz CT molecular complexity index is 338. The van der Waals surface area contributed by atoms with E-state index in [2.05, 4.69) is 15.9 Å². The molecule has 0 fully saturated rings. The van der Waals surface area contributed by atoms with Crippen molar-refractivity contribution in [3.63, 3.8) is 0 Å². The number of aliphatic hydroxyl groups excluding tert-OH is 1. The normalized spacial score (nSPS) is 12.0. The predicted octanol–water partition coefficient (Wildman–Crippen LogP) is 2.10. The number of phenolic OH excluding ortho intramolecular Hbond substituents is 1. The summed E-state index contributed by atoms with van der Waals surface area (Å²) in [6.07, 6.45) is 0.273. The molecule has 0 bridgehead atoms. The van der Waals surface area contributed by atoms with E-state index in [1.54, 1.807) is 0 Å². The van der Waals surface area contributed by atoms with Crippen LogP contribution in [0.5, 0.6) is 5.75 Å². The SMILES string of the molecule is Cl.N[C@H](CCO)c1c(Br)ccc(F)c1O. The van der Waals surface area contributed by atoms with Gasteiger partial charge in [0.2, 0.25) is 0 Å². The largest absolute Gasteiger partial charge is 0.505 e. The highest BCUT2D eigenvalue weighted by Crippen LogP contribution is 2.33. The average Bonchev–Trinajstić information content (AvgIpc) is 2.13. The van der Waals surface area contributed by atoms with Crippen LogP contribution in [0.25, 0.3) is 0 Å². The lowest BCUT2D eigenvalue weighted by Crippen LogP contribution is -2.13. The summed E-state index contributed by atoms with van der Waals surface area (Å²) in [7, 11) is 0. The lowest BCUT2D eigenvalue weighted by atomic mass is 10.0. The first-order chi connectivity index (χ1) is 6.57. The molecule has 3 nitrogen and oxygen atoms in total. The molecule has 0 saturated heterocycles. The third kappa shape index (κ3) is 3.31. The molecule has 0 aliphatic carbocycles. The van der Waals surface area contributed by atoms with Gasteiger partial charge < -0.3 is 15.9 Å². The van der Waals surface area contributed by atoms with E-state index >= 15 is 0 Å². The number of aromatic hydroxyl groups is 1. The van der Waals surface area contributed by atoms with Gasteiger partial charge in [-0.3, -0.25) is 0 Å². The zero-order valence-corrected chi connectivity index (χ0v) is 10.2. The zero-order valence-electron chi connectivity index (χ0n) is 7.78. The highest BCUT2D eigenvalue weighted by molar-refractivity contribution is 9.10. The van der Waals surface area contributed by atoms with Crippen LogP contribution in [-0.4, -0.2) is 16.8 Å². The van der Waals surface area contributed by atoms with Crippen LogP contribution in [0.4, 0.5) is 4.39 Å². The van der Waals surface area contributed by atoms with E-state index in [-0.39, 0.29) is 25.4 Å². The Labute approximate surface area is 102 Å². The number of hydrogen-bond donors (Lipinski definition) is 3. The molecule has 0 heterocycles. The van der Waals surface area contributed by atoms with Gasteiger partial charge in [0.1, 0.15) is 0 Å². The molecule has 1 aromatic carbocycles. The summed E-state index contributed by atoms with van der Waals surface area (Å²) in [5, 5.41) is 18.1. The van der Waals surface area contributed by atoms with Crippen LogP contribution in [-0.2, 0) is 0 Å². The van der Waals surface area contributed by atoms with Gasteiger partial charge in [-0.25, -0.2) is 4.39 Å². The van der Waals surface area contributed by atoms with Gasteiger partial charge in [-0.15, -0.1) is 12.4 Å². The maximum atomic E-state index is 13.0. The van der Waals surface area contributed by atoms with E-state index in [0.717, 1.165) is 6.07 Å². The third-order valence-electron chi connectivity index (χ3n) is 1.93. The fourth-order valence-corrected chi connectivity index (χ4v) is 1.81. The predicted molar refractivity (Wildman–Crippen MR) is 61.6 cm³/mol. The quantitative estimate of drug-likeness (QED) is 0.801. The molecule has 0 aliphatic heterocycles. The first-order valence-corrected chi connectivity index (χ1v) is 4.90. The molecular weight excluding hydrogens is 288 g/mol. The molecule has 0 unspecified atom stereocenters. The number of aliphatic hydroxyl groups is 1. The van der Waals surface area contributed by atoms with Crippen molar-refractivity contribution in [1.29, 1.82) is 0 Å². The third-order valence-corrected chi connectivity index (χ3v) is 2.62. The van der Waals surface area contributed by atoms with Crippen LogP contribution in [0.1, 0.15) is 18.0 Å².